The van der Waals surface area contributed by atoms with Gasteiger partial charge >= 0.3 is 5.97 Å². The summed E-state index contributed by atoms with van der Waals surface area (Å²) in [5.41, 5.74) is 2.30. The third-order valence-corrected chi connectivity index (χ3v) is 4.85. The first-order chi connectivity index (χ1) is 11.3. The van der Waals surface area contributed by atoms with Crippen LogP contribution in [-0.4, -0.2) is 28.6 Å². The van der Waals surface area contributed by atoms with Gasteiger partial charge < -0.3 is 20.1 Å². The maximum Gasteiger partial charge on any atom is 0.355 e. The summed E-state index contributed by atoms with van der Waals surface area (Å²) < 4.78 is 5.08. The fraction of sp³-hybridized carbons (Fsp3) is 0.412. The number of carbonyl (C=O) groups excluding carboxylic acids is 2. The van der Waals surface area contributed by atoms with Gasteiger partial charge in [-0.2, -0.15) is 0 Å². The summed E-state index contributed by atoms with van der Waals surface area (Å²) in [7, 11) is 0. The highest BCUT2D eigenvalue weighted by Crippen LogP contribution is 2.24. The Hall–Kier alpha value is -2.12. The van der Waals surface area contributed by atoms with Gasteiger partial charge in [0, 0.05) is 16.1 Å². The van der Waals surface area contributed by atoms with Gasteiger partial charge in [0.15, 0.2) is 6.61 Å². The molecular formula is C17H22N2O4S. The molecule has 6 nitrogen and oxygen atoms in total. The molecule has 0 radical (unpaired) electrons. The van der Waals surface area contributed by atoms with Crippen LogP contribution in [-0.2, 0) is 9.53 Å². The topological polar surface area (TPSA) is 91.4 Å². The number of esters is 1. The second kappa shape index (κ2) is 7.63. The lowest BCUT2D eigenvalue weighted by Gasteiger charge is -2.12. The summed E-state index contributed by atoms with van der Waals surface area (Å²) in [5, 5.41) is 14.5. The normalized spacial score (nSPS) is 13.4. The Labute approximate surface area is 144 Å². The number of rotatable bonds is 6. The monoisotopic (exact) mass is 350 g/mol. The lowest BCUT2D eigenvalue weighted by atomic mass is 10.1. The maximum absolute atomic E-state index is 12.2. The van der Waals surface area contributed by atoms with Crippen LogP contribution in [0.15, 0.2) is 17.5 Å². The summed E-state index contributed by atoms with van der Waals surface area (Å²) in [6.07, 6.45) is -0.683. The standard InChI is InChI=1S/C17H22N2O4S/c1-9-15(12(4)20)11(3)19-16(9)17(22)23-8-14(21)18-10(2)13-6-5-7-24-13/h5-7,10,12,19-20H,8H2,1-4H3,(H,18,21)/t10-,12+/m1/s1. The molecule has 2 rings (SSSR count). The van der Waals surface area contributed by atoms with E-state index in [0.29, 0.717) is 16.8 Å². The van der Waals surface area contributed by atoms with E-state index in [1.807, 2.05) is 24.4 Å². The zero-order valence-corrected chi connectivity index (χ0v) is 15.0. The second-order valence-corrected chi connectivity index (χ2v) is 6.70. The Morgan fingerprint density at radius 2 is 2.08 bits per heavy atom. The molecule has 0 aliphatic heterocycles. The molecule has 0 unspecified atom stereocenters. The van der Waals surface area contributed by atoms with Crippen LogP contribution < -0.4 is 5.32 Å². The number of nitrogens with one attached hydrogen (secondary N) is 2. The lowest BCUT2D eigenvalue weighted by Crippen LogP contribution is -2.30. The Bertz CT molecular complexity index is 719. The first-order valence-electron chi connectivity index (χ1n) is 7.68. The molecule has 1 amide bonds. The van der Waals surface area contributed by atoms with E-state index in [1.54, 1.807) is 32.1 Å². The van der Waals surface area contributed by atoms with Gasteiger partial charge in [-0.1, -0.05) is 6.07 Å². The number of H-pyrrole nitrogens is 1. The van der Waals surface area contributed by atoms with Crippen LogP contribution in [0.4, 0.5) is 0 Å². The summed E-state index contributed by atoms with van der Waals surface area (Å²) in [6.45, 7) is 6.68. The van der Waals surface area contributed by atoms with E-state index >= 15 is 0 Å². The molecule has 2 aromatic rings. The zero-order chi connectivity index (χ0) is 17.9. The number of hydrogen-bond acceptors (Lipinski definition) is 5. The van der Waals surface area contributed by atoms with Crippen LogP contribution in [0.1, 0.15) is 58.2 Å². The quantitative estimate of drug-likeness (QED) is 0.699. The van der Waals surface area contributed by atoms with Gasteiger partial charge in [-0.15, -0.1) is 11.3 Å². The van der Waals surface area contributed by atoms with E-state index < -0.39 is 12.1 Å². The highest BCUT2D eigenvalue weighted by Gasteiger charge is 2.21. The molecule has 2 heterocycles. The van der Waals surface area contributed by atoms with Crippen molar-refractivity contribution in [3.8, 4) is 0 Å². The third kappa shape index (κ3) is 4.04. The number of aliphatic hydroxyl groups excluding tert-OH is 1. The van der Waals surface area contributed by atoms with Crippen molar-refractivity contribution in [2.45, 2.75) is 39.8 Å². The second-order valence-electron chi connectivity index (χ2n) is 5.72. The Morgan fingerprint density at radius 3 is 2.62 bits per heavy atom. The Balaban J connectivity index is 1.93. The van der Waals surface area contributed by atoms with E-state index in [1.165, 1.54) is 0 Å². The first-order valence-corrected chi connectivity index (χ1v) is 8.56. The molecule has 2 atom stereocenters. The SMILES string of the molecule is Cc1[nH]c(C(=O)OCC(=O)N[C@H](C)c2cccs2)c(C)c1[C@H](C)O. The number of hydrogen-bond donors (Lipinski definition) is 3. The van der Waals surface area contributed by atoms with Crippen LogP contribution in [0.5, 0.6) is 0 Å². The molecule has 0 saturated carbocycles. The van der Waals surface area contributed by atoms with Crippen molar-refractivity contribution in [3.63, 3.8) is 0 Å². The molecule has 24 heavy (non-hydrogen) atoms. The van der Waals surface area contributed by atoms with Crippen molar-refractivity contribution in [2.75, 3.05) is 6.61 Å². The van der Waals surface area contributed by atoms with Crippen LogP contribution in [0.25, 0.3) is 0 Å². The number of aryl methyl sites for hydroxylation is 1. The van der Waals surface area contributed by atoms with E-state index in [0.717, 1.165) is 4.88 Å². The van der Waals surface area contributed by atoms with Gasteiger partial charge in [0.2, 0.25) is 0 Å². The summed E-state index contributed by atoms with van der Waals surface area (Å²) in [6, 6.07) is 3.72. The lowest BCUT2D eigenvalue weighted by molar-refractivity contribution is -0.124. The molecule has 3 N–H and O–H groups in total. The summed E-state index contributed by atoms with van der Waals surface area (Å²) >= 11 is 1.55. The highest BCUT2D eigenvalue weighted by atomic mass is 32.1. The van der Waals surface area contributed by atoms with E-state index in [9.17, 15) is 14.7 Å². The van der Waals surface area contributed by atoms with E-state index in [-0.39, 0.29) is 24.2 Å². The number of aromatic amines is 1. The van der Waals surface area contributed by atoms with Crippen molar-refractivity contribution in [1.29, 1.82) is 0 Å². The van der Waals surface area contributed by atoms with Gasteiger partial charge in [-0.05, 0) is 44.7 Å². The molecule has 0 aromatic carbocycles. The molecule has 0 bridgehead atoms. The van der Waals surface area contributed by atoms with Crippen molar-refractivity contribution in [1.82, 2.24) is 10.3 Å². The molecular weight excluding hydrogens is 328 g/mol. The zero-order valence-electron chi connectivity index (χ0n) is 14.2. The molecule has 2 aromatic heterocycles. The fourth-order valence-electron chi connectivity index (χ4n) is 2.69. The van der Waals surface area contributed by atoms with Gasteiger partial charge in [0.25, 0.3) is 5.91 Å². The molecule has 0 saturated heterocycles. The number of amides is 1. The van der Waals surface area contributed by atoms with Gasteiger partial charge in [-0.25, -0.2) is 4.79 Å². The predicted octanol–water partition coefficient (Wildman–Crippen LogP) is 2.78. The van der Waals surface area contributed by atoms with Gasteiger partial charge in [-0.3, -0.25) is 4.79 Å². The number of carbonyl (C=O) groups is 2. The summed E-state index contributed by atoms with van der Waals surface area (Å²) in [4.78, 5) is 28.0. The average molecular weight is 350 g/mol. The number of aromatic nitrogens is 1. The summed E-state index contributed by atoms with van der Waals surface area (Å²) in [5.74, 6) is -0.970. The van der Waals surface area contributed by atoms with Crippen molar-refractivity contribution in [2.24, 2.45) is 0 Å². The minimum atomic E-state index is -0.683. The van der Waals surface area contributed by atoms with Crippen LogP contribution >= 0.6 is 11.3 Å². The fourth-order valence-corrected chi connectivity index (χ4v) is 3.42. The Kier molecular flexibility index (Phi) is 5.80. The highest BCUT2D eigenvalue weighted by molar-refractivity contribution is 7.10. The molecule has 130 valence electrons. The number of ether oxygens (including phenoxy) is 1. The van der Waals surface area contributed by atoms with Crippen molar-refractivity contribution in [3.05, 3.63) is 44.9 Å². The Morgan fingerprint density at radius 1 is 1.38 bits per heavy atom. The van der Waals surface area contributed by atoms with Gasteiger partial charge in [0.05, 0.1) is 12.1 Å². The minimum Gasteiger partial charge on any atom is -0.451 e. The predicted molar refractivity (Wildman–Crippen MR) is 92.1 cm³/mol. The molecule has 7 heteroatoms. The number of thiophene rings is 1. The molecule has 0 spiro atoms. The van der Waals surface area contributed by atoms with E-state index in [4.69, 9.17) is 4.74 Å². The smallest absolute Gasteiger partial charge is 0.355 e. The van der Waals surface area contributed by atoms with Crippen LogP contribution in [0.3, 0.4) is 0 Å². The molecule has 0 aliphatic carbocycles. The van der Waals surface area contributed by atoms with Gasteiger partial charge in [0.1, 0.15) is 5.69 Å². The van der Waals surface area contributed by atoms with Crippen LogP contribution in [0.2, 0.25) is 0 Å². The van der Waals surface area contributed by atoms with Crippen LogP contribution in [0, 0.1) is 13.8 Å². The minimum absolute atomic E-state index is 0.132. The largest absolute Gasteiger partial charge is 0.451 e. The first kappa shape index (κ1) is 18.2. The van der Waals surface area contributed by atoms with E-state index in [2.05, 4.69) is 10.3 Å². The van der Waals surface area contributed by atoms with Crippen molar-refractivity contribution < 1.29 is 19.4 Å². The maximum atomic E-state index is 12.2. The third-order valence-electron chi connectivity index (χ3n) is 3.80. The van der Waals surface area contributed by atoms with Crippen molar-refractivity contribution >= 4 is 23.2 Å². The molecule has 0 fully saturated rings. The average Bonchev–Trinajstić information content (AvgIpc) is 3.12. The number of aliphatic hydroxyl groups is 1. The molecule has 0 aliphatic rings.